The lowest BCUT2D eigenvalue weighted by Crippen LogP contribution is -2.02. The monoisotopic (exact) mass is 352 g/mol. The highest BCUT2D eigenvalue weighted by Crippen LogP contribution is 2.29. The molecule has 2 aromatic carbocycles. The van der Waals surface area contributed by atoms with Gasteiger partial charge in [0.25, 0.3) is 0 Å². The van der Waals surface area contributed by atoms with E-state index < -0.39 is 0 Å². The first-order valence-corrected chi connectivity index (χ1v) is 7.22. The van der Waals surface area contributed by atoms with Crippen molar-refractivity contribution in [1.82, 2.24) is 0 Å². The molecule has 0 radical (unpaired) electrons. The Morgan fingerprint density at radius 2 is 1.95 bits per heavy atom. The minimum absolute atomic E-state index is 0.0830. The Morgan fingerprint density at radius 3 is 2.62 bits per heavy atom. The van der Waals surface area contributed by atoms with Crippen LogP contribution in [0.2, 0.25) is 0 Å². The minimum Gasteiger partial charge on any atom is -0.490 e. The number of hydrogen-bond donors (Lipinski definition) is 0. The van der Waals surface area contributed by atoms with Crippen LogP contribution in [0.15, 0.2) is 40.9 Å². The Bertz CT molecular complexity index is 643. The third kappa shape index (κ3) is 4.04. The van der Waals surface area contributed by atoms with E-state index in [1.165, 1.54) is 6.07 Å². The molecule has 0 heterocycles. The van der Waals surface area contributed by atoms with Gasteiger partial charge in [0.2, 0.25) is 0 Å². The molecule has 0 bridgehead atoms. The molecule has 21 heavy (non-hydrogen) atoms. The molecule has 0 fully saturated rings. The Morgan fingerprint density at radius 1 is 1.14 bits per heavy atom. The Kier molecular flexibility index (Phi) is 5.33. The van der Waals surface area contributed by atoms with Gasteiger partial charge in [-0.2, -0.15) is 0 Å². The van der Waals surface area contributed by atoms with Crippen LogP contribution in [0.1, 0.15) is 22.8 Å². The van der Waals surface area contributed by atoms with Crippen LogP contribution in [0.5, 0.6) is 11.5 Å². The van der Waals surface area contributed by atoms with Gasteiger partial charge in [0.15, 0.2) is 11.5 Å². The summed E-state index contributed by atoms with van der Waals surface area (Å²) in [6, 6.07) is 9.66. The summed E-state index contributed by atoms with van der Waals surface area (Å²) < 4.78 is 25.4. The van der Waals surface area contributed by atoms with Crippen LogP contribution < -0.4 is 9.47 Å². The van der Waals surface area contributed by atoms with Crippen LogP contribution in [-0.4, -0.2) is 12.9 Å². The number of ether oxygens (including phenoxy) is 2. The summed E-state index contributed by atoms with van der Waals surface area (Å²) in [7, 11) is 0. The van der Waals surface area contributed by atoms with E-state index >= 15 is 0 Å². The molecule has 0 atom stereocenters. The van der Waals surface area contributed by atoms with Gasteiger partial charge >= 0.3 is 0 Å². The molecule has 2 rings (SSSR count). The van der Waals surface area contributed by atoms with E-state index in [1.807, 2.05) is 6.92 Å². The van der Waals surface area contributed by atoms with Gasteiger partial charge in [0.05, 0.1) is 6.61 Å². The Hall–Kier alpha value is -1.88. The number of halogens is 2. The molecule has 2 aromatic rings. The van der Waals surface area contributed by atoms with Gasteiger partial charge in [-0.1, -0.05) is 22.0 Å². The van der Waals surface area contributed by atoms with E-state index in [0.717, 1.165) is 6.29 Å². The molecule has 0 aromatic heterocycles. The summed E-state index contributed by atoms with van der Waals surface area (Å²) in [5.74, 6) is 0.608. The molecular formula is C16H14BrFO3. The summed E-state index contributed by atoms with van der Waals surface area (Å²) in [6.45, 7) is 2.37. The van der Waals surface area contributed by atoms with Crippen LogP contribution in [0, 0.1) is 5.82 Å². The highest BCUT2D eigenvalue weighted by Gasteiger charge is 2.09. The highest BCUT2D eigenvalue weighted by molar-refractivity contribution is 9.10. The number of aldehydes is 1. The van der Waals surface area contributed by atoms with Gasteiger partial charge in [0, 0.05) is 15.6 Å². The van der Waals surface area contributed by atoms with Crippen LogP contribution in [0.25, 0.3) is 0 Å². The van der Waals surface area contributed by atoms with E-state index in [-0.39, 0.29) is 12.4 Å². The summed E-state index contributed by atoms with van der Waals surface area (Å²) in [6.07, 6.45) is 0.737. The fraction of sp³-hybridized carbons (Fsp3) is 0.188. The Balaban J connectivity index is 2.17. The molecule has 0 N–H and O–H groups in total. The number of carbonyl (C=O) groups excluding carboxylic acids is 1. The average Bonchev–Trinajstić information content (AvgIpc) is 2.47. The molecule has 0 saturated heterocycles. The summed E-state index contributed by atoms with van der Waals surface area (Å²) in [5, 5.41) is 0. The lowest BCUT2D eigenvalue weighted by Gasteiger charge is -2.12. The van der Waals surface area contributed by atoms with Gasteiger partial charge in [-0.3, -0.25) is 4.79 Å². The van der Waals surface area contributed by atoms with Crippen molar-refractivity contribution in [2.45, 2.75) is 13.5 Å². The average molecular weight is 353 g/mol. The second-order valence-corrected chi connectivity index (χ2v) is 5.20. The third-order valence-corrected chi connectivity index (χ3v) is 3.30. The Labute approximate surface area is 130 Å². The number of carbonyl (C=O) groups is 1. The van der Waals surface area contributed by atoms with Gasteiger partial charge in [0.1, 0.15) is 18.7 Å². The topological polar surface area (TPSA) is 35.5 Å². The fourth-order valence-electron chi connectivity index (χ4n) is 1.78. The van der Waals surface area contributed by atoms with Gasteiger partial charge in [-0.25, -0.2) is 4.39 Å². The van der Waals surface area contributed by atoms with Crippen molar-refractivity contribution in [3.8, 4) is 11.5 Å². The van der Waals surface area contributed by atoms with Crippen LogP contribution >= 0.6 is 15.9 Å². The smallest absolute Gasteiger partial charge is 0.161 e. The second-order valence-electron chi connectivity index (χ2n) is 4.28. The molecule has 3 nitrogen and oxygen atoms in total. The van der Waals surface area contributed by atoms with Crippen molar-refractivity contribution < 1.29 is 18.7 Å². The largest absolute Gasteiger partial charge is 0.490 e. The van der Waals surface area contributed by atoms with Crippen molar-refractivity contribution in [2.24, 2.45) is 0 Å². The van der Waals surface area contributed by atoms with E-state index in [4.69, 9.17) is 9.47 Å². The molecule has 0 aliphatic rings. The van der Waals surface area contributed by atoms with Crippen LogP contribution in [-0.2, 0) is 6.61 Å². The first-order valence-electron chi connectivity index (χ1n) is 6.42. The quantitative estimate of drug-likeness (QED) is 0.723. The summed E-state index contributed by atoms with van der Waals surface area (Å²) in [5.41, 5.74) is 0.945. The van der Waals surface area contributed by atoms with Gasteiger partial charge < -0.3 is 9.47 Å². The predicted octanol–water partition coefficient (Wildman–Crippen LogP) is 4.38. The minimum atomic E-state index is -0.341. The van der Waals surface area contributed by atoms with Gasteiger partial charge in [-0.15, -0.1) is 0 Å². The number of benzene rings is 2. The van der Waals surface area contributed by atoms with Crippen LogP contribution in [0.3, 0.4) is 0 Å². The molecule has 0 saturated carbocycles. The molecule has 5 heteroatoms. The molecule has 0 unspecified atom stereocenters. The van der Waals surface area contributed by atoms with Crippen molar-refractivity contribution in [3.05, 3.63) is 57.8 Å². The lowest BCUT2D eigenvalue weighted by atomic mass is 10.2. The predicted molar refractivity (Wildman–Crippen MR) is 81.4 cm³/mol. The zero-order valence-electron chi connectivity index (χ0n) is 11.4. The maximum Gasteiger partial charge on any atom is 0.161 e. The first-order chi connectivity index (χ1) is 10.1. The SMILES string of the molecule is CCOc1cc(C=O)ccc1OCc1ccc(Br)cc1F. The molecule has 0 aliphatic heterocycles. The van der Waals surface area contributed by atoms with Crippen molar-refractivity contribution in [1.29, 1.82) is 0 Å². The second kappa shape index (κ2) is 7.22. The maximum atomic E-state index is 13.7. The van der Waals surface area contributed by atoms with Crippen LogP contribution in [0.4, 0.5) is 4.39 Å². The number of rotatable bonds is 6. The molecule has 0 spiro atoms. The fourth-order valence-corrected chi connectivity index (χ4v) is 2.11. The normalized spacial score (nSPS) is 10.2. The molecule has 0 amide bonds. The zero-order valence-corrected chi connectivity index (χ0v) is 13.0. The maximum absolute atomic E-state index is 13.7. The van der Waals surface area contributed by atoms with E-state index in [9.17, 15) is 9.18 Å². The van der Waals surface area contributed by atoms with Crippen molar-refractivity contribution in [3.63, 3.8) is 0 Å². The highest BCUT2D eigenvalue weighted by atomic mass is 79.9. The van der Waals surface area contributed by atoms with E-state index in [0.29, 0.717) is 33.7 Å². The molecular weight excluding hydrogens is 339 g/mol. The first kappa shape index (κ1) is 15.5. The molecule has 0 aliphatic carbocycles. The number of hydrogen-bond acceptors (Lipinski definition) is 3. The molecule has 110 valence electrons. The van der Waals surface area contributed by atoms with E-state index in [1.54, 1.807) is 30.3 Å². The van der Waals surface area contributed by atoms with Crippen molar-refractivity contribution >= 4 is 22.2 Å². The summed E-state index contributed by atoms with van der Waals surface area (Å²) >= 11 is 3.21. The van der Waals surface area contributed by atoms with Crippen molar-refractivity contribution in [2.75, 3.05) is 6.61 Å². The van der Waals surface area contributed by atoms with Gasteiger partial charge in [-0.05, 0) is 37.3 Å². The summed E-state index contributed by atoms with van der Waals surface area (Å²) in [4.78, 5) is 10.8. The zero-order chi connectivity index (χ0) is 15.2. The van der Waals surface area contributed by atoms with E-state index in [2.05, 4.69) is 15.9 Å². The third-order valence-electron chi connectivity index (χ3n) is 2.80. The lowest BCUT2D eigenvalue weighted by molar-refractivity contribution is 0.112. The standard InChI is InChI=1S/C16H14BrFO3/c1-2-20-16-7-11(9-19)3-6-15(16)21-10-12-4-5-13(17)8-14(12)18/h3-9H,2,10H2,1H3.